The minimum absolute atomic E-state index is 0.0145. The number of benzene rings is 1. The van der Waals surface area contributed by atoms with Crippen molar-refractivity contribution in [1.82, 2.24) is 5.32 Å². The summed E-state index contributed by atoms with van der Waals surface area (Å²) in [7, 11) is 1.63. The van der Waals surface area contributed by atoms with Gasteiger partial charge in [-0.1, -0.05) is 11.6 Å². The number of ether oxygens (including phenoxy) is 1. The van der Waals surface area contributed by atoms with Gasteiger partial charge >= 0.3 is 0 Å². The van der Waals surface area contributed by atoms with Crippen molar-refractivity contribution in [1.29, 1.82) is 0 Å². The van der Waals surface area contributed by atoms with Crippen molar-refractivity contribution in [3.8, 4) is 5.75 Å². The smallest absolute Gasteiger partial charge is 0.226 e. The van der Waals surface area contributed by atoms with Crippen molar-refractivity contribution >= 4 is 30.1 Å². The molecule has 94 valence electrons. The molecule has 17 heavy (non-hydrogen) atoms. The maximum Gasteiger partial charge on any atom is 0.226 e. The molecule has 1 N–H and O–H groups in total. The summed E-state index contributed by atoms with van der Waals surface area (Å²) in [6.45, 7) is 0.439. The number of fused-ring (bicyclic) bond motifs is 1. The molecule has 0 radical (unpaired) electrons. The van der Waals surface area contributed by atoms with Gasteiger partial charge in [0.1, 0.15) is 12.4 Å². The molecule has 3 nitrogen and oxygen atoms in total. The summed E-state index contributed by atoms with van der Waals surface area (Å²) in [5.74, 6) is 0.737. The maximum atomic E-state index is 11.4. The fourth-order valence-corrected chi connectivity index (χ4v) is 1.93. The van der Waals surface area contributed by atoms with Crippen LogP contribution in [-0.4, -0.2) is 25.8 Å². The highest BCUT2D eigenvalue weighted by Gasteiger charge is 2.25. The van der Waals surface area contributed by atoms with Crippen LogP contribution in [0.4, 0.5) is 0 Å². The Labute approximate surface area is 112 Å². The third-order valence-electron chi connectivity index (χ3n) is 2.55. The highest BCUT2D eigenvalue weighted by Crippen LogP contribution is 2.29. The van der Waals surface area contributed by atoms with Gasteiger partial charge in [0.25, 0.3) is 0 Å². The van der Waals surface area contributed by atoms with Crippen LogP contribution in [-0.2, 0) is 11.2 Å². The average molecular weight is 274 g/mol. The molecular weight excluding hydrogens is 258 g/mol. The lowest BCUT2D eigenvalue weighted by molar-refractivity contribution is -0.125. The number of hydrogen-bond donors (Lipinski definition) is 2. The number of hydrogen-bond acceptors (Lipinski definition) is 3. The Balaban J connectivity index is 0.000000686. The van der Waals surface area contributed by atoms with Crippen LogP contribution in [0, 0.1) is 5.92 Å². The van der Waals surface area contributed by atoms with Crippen molar-refractivity contribution in [2.45, 2.75) is 6.42 Å². The van der Waals surface area contributed by atoms with E-state index in [0.29, 0.717) is 18.1 Å². The Morgan fingerprint density at radius 3 is 2.88 bits per heavy atom. The number of rotatable bonds is 1. The number of amides is 1. The van der Waals surface area contributed by atoms with Crippen molar-refractivity contribution in [3.05, 3.63) is 28.8 Å². The third kappa shape index (κ3) is 3.54. The molecule has 1 aromatic carbocycles. The Morgan fingerprint density at radius 1 is 1.53 bits per heavy atom. The highest BCUT2D eigenvalue weighted by atomic mass is 35.5. The quantitative estimate of drug-likeness (QED) is 0.770. The molecule has 1 aliphatic heterocycles. The molecule has 0 aliphatic carbocycles. The first-order valence-corrected chi connectivity index (χ1v) is 6.55. The van der Waals surface area contributed by atoms with Gasteiger partial charge in [-0.2, -0.15) is 12.6 Å². The maximum absolute atomic E-state index is 11.4. The minimum Gasteiger partial charge on any atom is -0.492 e. The van der Waals surface area contributed by atoms with E-state index in [2.05, 4.69) is 17.9 Å². The van der Waals surface area contributed by atoms with E-state index >= 15 is 0 Å². The normalized spacial score (nSPS) is 17.1. The zero-order valence-corrected chi connectivity index (χ0v) is 11.5. The van der Waals surface area contributed by atoms with Crippen molar-refractivity contribution in [2.24, 2.45) is 5.92 Å². The van der Waals surface area contributed by atoms with Crippen LogP contribution in [0.1, 0.15) is 5.56 Å². The molecule has 5 heteroatoms. The lowest BCUT2D eigenvalue weighted by atomic mass is 9.96. The second kappa shape index (κ2) is 6.77. The SMILES string of the molecule is CNC(=O)C1COc2ccc(Cl)cc2C1.CS. The molecule has 0 fully saturated rings. The first-order chi connectivity index (χ1) is 8.20. The molecule has 0 saturated carbocycles. The monoisotopic (exact) mass is 273 g/mol. The Morgan fingerprint density at radius 2 is 2.24 bits per heavy atom. The van der Waals surface area contributed by atoms with E-state index in [9.17, 15) is 4.79 Å². The van der Waals surface area contributed by atoms with E-state index in [-0.39, 0.29) is 11.8 Å². The van der Waals surface area contributed by atoms with Gasteiger partial charge in [0.15, 0.2) is 0 Å². The molecule has 1 atom stereocenters. The van der Waals surface area contributed by atoms with Crippen LogP contribution < -0.4 is 10.1 Å². The lowest BCUT2D eigenvalue weighted by Crippen LogP contribution is -2.35. The topological polar surface area (TPSA) is 38.3 Å². The number of carbonyl (C=O) groups is 1. The standard InChI is InChI=1S/C11H12ClNO2.CH4S/c1-13-11(14)8-4-7-5-9(12)2-3-10(7)15-6-8;1-2/h2-3,5,8H,4,6H2,1H3,(H,13,14);2H,1H3. The second-order valence-corrected chi connectivity index (χ2v) is 4.01. The molecule has 1 heterocycles. The van der Waals surface area contributed by atoms with Crippen LogP contribution in [0.5, 0.6) is 5.75 Å². The summed E-state index contributed by atoms with van der Waals surface area (Å²) in [5.41, 5.74) is 1.00. The number of halogens is 1. The van der Waals surface area contributed by atoms with Crippen LogP contribution in [0.3, 0.4) is 0 Å². The van der Waals surface area contributed by atoms with Gasteiger partial charge in [-0.3, -0.25) is 4.79 Å². The summed E-state index contributed by atoms with van der Waals surface area (Å²) < 4.78 is 5.49. The van der Waals surface area contributed by atoms with Crippen molar-refractivity contribution in [2.75, 3.05) is 19.9 Å². The van der Waals surface area contributed by atoms with Crippen LogP contribution >= 0.6 is 24.2 Å². The largest absolute Gasteiger partial charge is 0.492 e. The highest BCUT2D eigenvalue weighted by molar-refractivity contribution is 7.79. The molecule has 1 aliphatic rings. The predicted molar refractivity (Wildman–Crippen MR) is 73.1 cm³/mol. The van der Waals surface area contributed by atoms with Gasteiger partial charge in [0.2, 0.25) is 5.91 Å². The molecule has 0 spiro atoms. The van der Waals surface area contributed by atoms with Gasteiger partial charge in [-0.05, 0) is 36.4 Å². The first kappa shape index (κ1) is 14.2. The van der Waals surface area contributed by atoms with Crippen LogP contribution in [0.15, 0.2) is 18.2 Å². The molecule has 0 saturated heterocycles. The first-order valence-electron chi connectivity index (χ1n) is 5.28. The molecule has 2 rings (SSSR count). The van der Waals surface area contributed by atoms with E-state index in [4.69, 9.17) is 16.3 Å². The van der Waals surface area contributed by atoms with Gasteiger partial charge in [0, 0.05) is 12.1 Å². The molecule has 1 amide bonds. The Bertz CT molecular complexity index is 398. The lowest BCUT2D eigenvalue weighted by Gasteiger charge is -2.24. The van der Waals surface area contributed by atoms with E-state index in [1.165, 1.54) is 0 Å². The Hall–Kier alpha value is -0.870. The fourth-order valence-electron chi connectivity index (χ4n) is 1.74. The number of carbonyl (C=O) groups excluding carboxylic acids is 1. The van der Waals surface area contributed by atoms with Gasteiger partial charge in [-0.25, -0.2) is 0 Å². The summed E-state index contributed by atoms with van der Waals surface area (Å²) in [5, 5.41) is 3.30. The van der Waals surface area contributed by atoms with E-state index in [1.807, 2.05) is 12.1 Å². The zero-order valence-electron chi connectivity index (χ0n) is 9.87. The minimum atomic E-state index is -0.110. The van der Waals surface area contributed by atoms with Gasteiger partial charge < -0.3 is 10.1 Å². The van der Waals surface area contributed by atoms with Crippen molar-refractivity contribution in [3.63, 3.8) is 0 Å². The van der Waals surface area contributed by atoms with Crippen LogP contribution in [0.25, 0.3) is 0 Å². The predicted octanol–water partition coefficient (Wildman–Crippen LogP) is 2.18. The van der Waals surface area contributed by atoms with Crippen LogP contribution in [0.2, 0.25) is 5.02 Å². The van der Waals surface area contributed by atoms with E-state index in [0.717, 1.165) is 11.3 Å². The van der Waals surface area contributed by atoms with E-state index < -0.39 is 0 Å². The summed E-state index contributed by atoms with van der Waals surface area (Å²) >= 11 is 9.41. The van der Waals surface area contributed by atoms with Gasteiger partial charge in [0.05, 0.1) is 5.92 Å². The fraction of sp³-hybridized carbons (Fsp3) is 0.417. The summed E-state index contributed by atoms with van der Waals surface area (Å²) in [6.07, 6.45) is 2.38. The molecular formula is C12H16ClNO2S. The summed E-state index contributed by atoms with van der Waals surface area (Å²) in [6, 6.07) is 5.49. The van der Waals surface area contributed by atoms with E-state index in [1.54, 1.807) is 19.4 Å². The number of thiol groups is 1. The molecule has 1 unspecified atom stereocenters. The number of nitrogens with one attached hydrogen (secondary N) is 1. The van der Waals surface area contributed by atoms with Crippen molar-refractivity contribution < 1.29 is 9.53 Å². The molecule has 0 bridgehead atoms. The molecule has 1 aromatic rings. The summed E-state index contributed by atoms with van der Waals surface area (Å²) in [4.78, 5) is 11.4. The second-order valence-electron chi connectivity index (χ2n) is 3.58. The third-order valence-corrected chi connectivity index (χ3v) is 2.78. The average Bonchev–Trinajstić information content (AvgIpc) is 2.39. The zero-order chi connectivity index (χ0) is 12.8. The molecule has 0 aromatic heterocycles. The van der Waals surface area contributed by atoms with Gasteiger partial charge in [-0.15, -0.1) is 0 Å². The Kier molecular flexibility index (Phi) is 5.65.